The highest BCUT2D eigenvalue weighted by Gasteiger charge is 2.47. The average Bonchev–Trinajstić information content (AvgIpc) is 3.70. The molecule has 10 rings (SSSR count). The highest BCUT2D eigenvalue weighted by Crippen LogP contribution is 2.58. The normalized spacial score (nSPS) is 12.9. The number of nitrogens with zero attached hydrogens (tertiary/aromatic N) is 1. The molecule has 0 spiro atoms. The molecule has 1 aromatic heterocycles. The second-order valence-electron chi connectivity index (χ2n) is 13.4. The van der Waals surface area contributed by atoms with Crippen LogP contribution in [0.25, 0.3) is 49.7 Å². The Morgan fingerprint density at radius 1 is 0.392 bits per heavy atom. The van der Waals surface area contributed by atoms with Crippen LogP contribution in [-0.2, 0) is 5.41 Å². The summed E-state index contributed by atoms with van der Waals surface area (Å²) < 4.78 is 2.48. The number of rotatable bonds is 6. The highest BCUT2D eigenvalue weighted by molar-refractivity contribution is 6.11. The van der Waals surface area contributed by atoms with E-state index < -0.39 is 5.41 Å². The van der Waals surface area contributed by atoms with Gasteiger partial charge < -0.3 is 9.88 Å². The zero-order valence-electron chi connectivity index (χ0n) is 28.0. The lowest BCUT2D eigenvalue weighted by Crippen LogP contribution is -2.28. The summed E-state index contributed by atoms with van der Waals surface area (Å²) in [4.78, 5) is 0. The fraction of sp³-hybridized carbons (Fsp3) is 0.0204. The first-order chi connectivity index (χ1) is 25.3. The maximum absolute atomic E-state index is 3.71. The van der Waals surface area contributed by atoms with E-state index in [1.54, 1.807) is 0 Å². The number of nitrogens with one attached hydrogen (secondary N) is 1. The van der Waals surface area contributed by atoms with Crippen molar-refractivity contribution in [2.75, 3.05) is 5.32 Å². The number of aromatic nitrogens is 1. The zero-order chi connectivity index (χ0) is 33.8. The van der Waals surface area contributed by atoms with E-state index in [4.69, 9.17) is 0 Å². The number of hydrogen-bond acceptors (Lipinski definition) is 1. The third-order valence-electron chi connectivity index (χ3n) is 10.7. The second kappa shape index (κ2) is 11.8. The summed E-state index contributed by atoms with van der Waals surface area (Å²) in [5.41, 5.74) is 15.3. The molecule has 0 unspecified atom stereocenters. The monoisotopic (exact) mass is 650 g/mol. The van der Waals surface area contributed by atoms with Gasteiger partial charge in [0.15, 0.2) is 0 Å². The van der Waals surface area contributed by atoms with E-state index in [0.29, 0.717) is 0 Å². The standard InChI is InChI=1S/C49H34N2/c1-4-15-34(16-5-1)35-27-29-38(30-28-35)50-39-31-32-41-40-21-11-13-25-45(40)51(47(41)33-39)46-26-14-24-44-48(46)42-22-10-12-23-43(42)49(44,36-17-6-2-7-18-36)37-19-8-3-9-20-37/h1-33,50H. The van der Waals surface area contributed by atoms with Crippen LogP contribution in [-0.4, -0.2) is 4.57 Å². The molecule has 0 bridgehead atoms. The van der Waals surface area contributed by atoms with Gasteiger partial charge in [-0.1, -0.05) is 164 Å². The van der Waals surface area contributed by atoms with Crippen LogP contribution in [0.2, 0.25) is 0 Å². The van der Waals surface area contributed by atoms with Gasteiger partial charge in [-0.2, -0.15) is 0 Å². The van der Waals surface area contributed by atoms with Gasteiger partial charge in [-0.3, -0.25) is 0 Å². The summed E-state index contributed by atoms with van der Waals surface area (Å²) in [7, 11) is 0. The molecule has 8 aromatic carbocycles. The van der Waals surface area contributed by atoms with Crippen molar-refractivity contribution in [2.24, 2.45) is 0 Å². The molecule has 0 fully saturated rings. The summed E-state index contributed by atoms with van der Waals surface area (Å²) in [5, 5.41) is 6.18. The lowest BCUT2D eigenvalue weighted by molar-refractivity contribution is 0.768. The first-order valence-corrected chi connectivity index (χ1v) is 17.6. The van der Waals surface area contributed by atoms with Crippen LogP contribution >= 0.6 is 0 Å². The van der Waals surface area contributed by atoms with Gasteiger partial charge in [-0.25, -0.2) is 0 Å². The summed E-state index contributed by atoms with van der Waals surface area (Å²) in [5.74, 6) is 0. The maximum Gasteiger partial charge on any atom is 0.0714 e. The second-order valence-corrected chi connectivity index (χ2v) is 13.4. The molecule has 0 amide bonds. The van der Waals surface area contributed by atoms with Crippen molar-refractivity contribution in [1.29, 1.82) is 0 Å². The van der Waals surface area contributed by atoms with Crippen molar-refractivity contribution in [2.45, 2.75) is 5.41 Å². The molecule has 2 heteroatoms. The predicted octanol–water partition coefficient (Wildman–Crippen LogP) is 12.6. The number of hydrogen-bond donors (Lipinski definition) is 1. The van der Waals surface area contributed by atoms with Gasteiger partial charge in [-0.05, 0) is 75.3 Å². The van der Waals surface area contributed by atoms with Crippen LogP contribution in [0, 0.1) is 0 Å². The zero-order valence-corrected chi connectivity index (χ0v) is 28.0. The third kappa shape index (κ3) is 4.50. The highest BCUT2D eigenvalue weighted by atomic mass is 15.0. The Morgan fingerprint density at radius 2 is 0.961 bits per heavy atom. The van der Waals surface area contributed by atoms with Crippen molar-refractivity contribution in [3.63, 3.8) is 0 Å². The molecule has 0 atom stereocenters. The van der Waals surface area contributed by atoms with Crippen LogP contribution in [0.1, 0.15) is 22.3 Å². The van der Waals surface area contributed by atoms with E-state index in [1.165, 1.54) is 72.0 Å². The lowest BCUT2D eigenvalue weighted by Gasteiger charge is -2.34. The first-order valence-electron chi connectivity index (χ1n) is 17.6. The van der Waals surface area contributed by atoms with E-state index in [2.05, 4.69) is 210 Å². The van der Waals surface area contributed by atoms with Gasteiger partial charge in [-0.15, -0.1) is 0 Å². The summed E-state index contributed by atoms with van der Waals surface area (Å²) in [6.07, 6.45) is 0. The molecular formula is C49H34N2. The largest absolute Gasteiger partial charge is 0.355 e. The number of fused-ring (bicyclic) bond motifs is 6. The summed E-state index contributed by atoms with van der Waals surface area (Å²) >= 11 is 0. The van der Waals surface area contributed by atoms with E-state index in [0.717, 1.165) is 11.4 Å². The van der Waals surface area contributed by atoms with Gasteiger partial charge in [0, 0.05) is 27.7 Å². The van der Waals surface area contributed by atoms with Crippen LogP contribution < -0.4 is 5.32 Å². The molecule has 1 aliphatic rings. The molecule has 1 aliphatic carbocycles. The minimum Gasteiger partial charge on any atom is -0.355 e. The lowest BCUT2D eigenvalue weighted by atomic mass is 9.68. The fourth-order valence-electron chi connectivity index (χ4n) is 8.51. The van der Waals surface area contributed by atoms with Crippen molar-refractivity contribution < 1.29 is 0 Å². The Labute approximate surface area is 297 Å². The third-order valence-corrected chi connectivity index (χ3v) is 10.7. The summed E-state index contributed by atoms with van der Waals surface area (Å²) in [6, 6.07) is 72.8. The van der Waals surface area contributed by atoms with Gasteiger partial charge in [0.05, 0.1) is 22.1 Å². The molecule has 0 aliphatic heterocycles. The number of benzene rings is 8. The Hall–Kier alpha value is -6.64. The Morgan fingerprint density at radius 3 is 1.71 bits per heavy atom. The van der Waals surface area contributed by atoms with Gasteiger partial charge in [0.25, 0.3) is 0 Å². The van der Waals surface area contributed by atoms with Gasteiger partial charge in [0.2, 0.25) is 0 Å². The van der Waals surface area contributed by atoms with E-state index in [-0.39, 0.29) is 0 Å². The molecule has 1 N–H and O–H groups in total. The molecule has 0 saturated carbocycles. The molecular weight excluding hydrogens is 617 g/mol. The van der Waals surface area contributed by atoms with Crippen molar-refractivity contribution >= 4 is 33.2 Å². The molecule has 2 nitrogen and oxygen atoms in total. The summed E-state index contributed by atoms with van der Waals surface area (Å²) in [6.45, 7) is 0. The maximum atomic E-state index is 3.71. The number of anilines is 2. The van der Waals surface area contributed by atoms with Gasteiger partial charge in [0.1, 0.15) is 0 Å². The fourth-order valence-corrected chi connectivity index (χ4v) is 8.51. The van der Waals surface area contributed by atoms with Crippen LogP contribution in [0.15, 0.2) is 200 Å². The topological polar surface area (TPSA) is 17.0 Å². The Kier molecular flexibility index (Phi) is 6.75. The first kappa shape index (κ1) is 29.3. The van der Waals surface area contributed by atoms with Gasteiger partial charge >= 0.3 is 0 Å². The molecule has 0 saturated heterocycles. The van der Waals surface area contributed by atoms with Crippen LogP contribution in [0.3, 0.4) is 0 Å². The van der Waals surface area contributed by atoms with Crippen molar-refractivity contribution in [3.8, 4) is 27.9 Å². The van der Waals surface area contributed by atoms with Crippen LogP contribution in [0.4, 0.5) is 11.4 Å². The minimum atomic E-state index is -0.457. The average molecular weight is 651 g/mol. The van der Waals surface area contributed by atoms with Crippen molar-refractivity contribution in [3.05, 3.63) is 222 Å². The van der Waals surface area contributed by atoms with E-state index in [9.17, 15) is 0 Å². The Balaban J connectivity index is 1.19. The van der Waals surface area contributed by atoms with Crippen molar-refractivity contribution in [1.82, 2.24) is 4.57 Å². The smallest absolute Gasteiger partial charge is 0.0714 e. The molecule has 51 heavy (non-hydrogen) atoms. The molecule has 240 valence electrons. The SMILES string of the molecule is c1ccc(-c2ccc(Nc3ccc4c5ccccc5n(-c5cccc6c5-c5ccccc5C6(c5ccccc5)c5ccccc5)c4c3)cc2)cc1. The van der Waals surface area contributed by atoms with E-state index in [1.807, 2.05) is 0 Å². The molecule has 9 aromatic rings. The Bertz CT molecular complexity index is 2650. The van der Waals surface area contributed by atoms with Crippen LogP contribution in [0.5, 0.6) is 0 Å². The van der Waals surface area contributed by atoms with E-state index >= 15 is 0 Å². The minimum absolute atomic E-state index is 0.457. The quantitative estimate of drug-likeness (QED) is 0.189. The predicted molar refractivity (Wildman–Crippen MR) is 213 cm³/mol. The molecule has 1 heterocycles. The number of para-hydroxylation sites is 1. The molecule has 0 radical (unpaired) electrons.